The minimum atomic E-state index is -0.0416. The molecular weight excluding hydrogens is 370 g/mol. The second-order valence-corrected chi connectivity index (χ2v) is 7.76. The summed E-state index contributed by atoms with van der Waals surface area (Å²) in [5.74, 6) is 0.358. The smallest absolute Gasteiger partial charge is 0.217 e. The molecule has 3 rings (SSSR count). The predicted molar refractivity (Wildman–Crippen MR) is 116 cm³/mol. The van der Waals surface area contributed by atoms with Gasteiger partial charge in [0.15, 0.2) is 11.1 Å². The molecule has 0 saturated heterocycles. The molecule has 1 aliphatic carbocycles. The third kappa shape index (κ3) is 6.20. The van der Waals surface area contributed by atoms with Gasteiger partial charge in [0, 0.05) is 31.0 Å². The third-order valence-electron chi connectivity index (χ3n) is 4.60. The van der Waals surface area contributed by atoms with Gasteiger partial charge in [-0.25, -0.2) is 4.98 Å². The van der Waals surface area contributed by atoms with Crippen LogP contribution in [0.2, 0.25) is 0 Å². The molecule has 0 fully saturated rings. The van der Waals surface area contributed by atoms with E-state index in [9.17, 15) is 4.79 Å². The Balaban J connectivity index is 1.56. The molecule has 0 aliphatic heterocycles. The Morgan fingerprint density at radius 3 is 3.04 bits per heavy atom. The summed E-state index contributed by atoms with van der Waals surface area (Å²) in [5, 5.41) is 8.60. The van der Waals surface area contributed by atoms with Crippen LogP contribution >= 0.6 is 11.3 Å². The molecule has 1 amide bonds. The largest absolute Gasteiger partial charge is 0.370 e. The number of carbonyl (C=O) groups excluding carboxylic acids is 1. The summed E-state index contributed by atoms with van der Waals surface area (Å²) in [6.07, 6.45) is 8.30. The molecule has 0 spiro atoms. The Morgan fingerprint density at radius 1 is 1.36 bits per heavy atom. The molecule has 0 atom stereocenters. The lowest BCUT2D eigenvalue weighted by molar-refractivity contribution is -0.119. The van der Waals surface area contributed by atoms with Crippen LogP contribution in [-0.4, -0.2) is 23.4 Å². The Kier molecular flexibility index (Phi) is 7.19. The first kappa shape index (κ1) is 20.1. The van der Waals surface area contributed by atoms with Gasteiger partial charge in [0.05, 0.1) is 5.69 Å². The number of benzene rings is 1. The van der Waals surface area contributed by atoms with E-state index < -0.39 is 0 Å². The fraction of sp³-hybridized carbons (Fsp3) is 0.381. The topological polar surface area (TPSA) is 92.4 Å². The van der Waals surface area contributed by atoms with Gasteiger partial charge in [-0.05, 0) is 43.7 Å². The maximum atomic E-state index is 11.1. The molecule has 1 heterocycles. The first-order valence-electron chi connectivity index (χ1n) is 9.64. The van der Waals surface area contributed by atoms with Gasteiger partial charge in [-0.1, -0.05) is 29.8 Å². The molecule has 1 aromatic heterocycles. The number of amides is 1. The highest BCUT2D eigenvalue weighted by Crippen LogP contribution is 2.25. The third-order valence-corrected chi connectivity index (χ3v) is 5.36. The number of aromatic nitrogens is 1. The summed E-state index contributed by atoms with van der Waals surface area (Å²) in [6.45, 7) is 2.73. The van der Waals surface area contributed by atoms with E-state index in [0.717, 1.165) is 28.4 Å². The van der Waals surface area contributed by atoms with E-state index >= 15 is 0 Å². The SMILES string of the molecule is CC(=O)NCc1cccc(-c2csc(NC(N)=NCCC3=CCCCC3)n2)c1. The van der Waals surface area contributed by atoms with E-state index in [4.69, 9.17) is 5.73 Å². The zero-order valence-electron chi connectivity index (χ0n) is 16.2. The van der Waals surface area contributed by atoms with E-state index in [0.29, 0.717) is 19.0 Å². The molecule has 1 aliphatic rings. The van der Waals surface area contributed by atoms with Crippen molar-refractivity contribution < 1.29 is 4.79 Å². The first-order chi connectivity index (χ1) is 13.6. The molecule has 6 nitrogen and oxygen atoms in total. The lowest BCUT2D eigenvalue weighted by Crippen LogP contribution is -2.22. The highest BCUT2D eigenvalue weighted by molar-refractivity contribution is 7.14. The quantitative estimate of drug-likeness (QED) is 0.373. The molecule has 0 saturated carbocycles. The number of anilines is 1. The fourth-order valence-electron chi connectivity index (χ4n) is 3.13. The van der Waals surface area contributed by atoms with Crippen LogP contribution in [0.15, 0.2) is 46.3 Å². The van der Waals surface area contributed by atoms with Crippen LogP contribution in [0.3, 0.4) is 0 Å². The summed E-state index contributed by atoms with van der Waals surface area (Å²) >= 11 is 1.49. The van der Waals surface area contributed by atoms with Crippen molar-refractivity contribution in [3.63, 3.8) is 0 Å². The summed E-state index contributed by atoms with van der Waals surface area (Å²) in [6, 6.07) is 7.99. The number of hydrogen-bond donors (Lipinski definition) is 3. The first-order valence-corrected chi connectivity index (χ1v) is 10.5. The van der Waals surface area contributed by atoms with Crippen LogP contribution in [0.4, 0.5) is 5.13 Å². The van der Waals surface area contributed by atoms with E-state index in [2.05, 4.69) is 26.7 Å². The van der Waals surface area contributed by atoms with Crippen molar-refractivity contribution >= 4 is 28.3 Å². The van der Waals surface area contributed by atoms with Crippen molar-refractivity contribution in [2.24, 2.45) is 10.7 Å². The number of aliphatic imine (C=N–C) groups is 1. The van der Waals surface area contributed by atoms with Crippen LogP contribution in [0.1, 0.15) is 44.6 Å². The van der Waals surface area contributed by atoms with Gasteiger partial charge in [-0.2, -0.15) is 0 Å². The number of nitrogens with zero attached hydrogens (tertiary/aromatic N) is 2. The zero-order valence-corrected chi connectivity index (χ0v) is 17.0. The second kappa shape index (κ2) is 10.0. The van der Waals surface area contributed by atoms with Crippen molar-refractivity contribution in [2.45, 2.75) is 45.6 Å². The van der Waals surface area contributed by atoms with E-state index in [1.54, 1.807) is 0 Å². The minimum Gasteiger partial charge on any atom is -0.370 e. The minimum absolute atomic E-state index is 0.0416. The molecule has 7 heteroatoms. The van der Waals surface area contributed by atoms with Crippen molar-refractivity contribution in [2.75, 3.05) is 11.9 Å². The number of nitrogens with two attached hydrogens (primary N) is 1. The van der Waals surface area contributed by atoms with Crippen LogP contribution in [0, 0.1) is 0 Å². The lowest BCUT2D eigenvalue weighted by Gasteiger charge is -2.11. The van der Waals surface area contributed by atoms with Gasteiger partial charge in [0.25, 0.3) is 0 Å². The van der Waals surface area contributed by atoms with Gasteiger partial charge in [0.1, 0.15) is 0 Å². The summed E-state index contributed by atoms with van der Waals surface area (Å²) in [5.41, 5.74) is 10.4. The average Bonchev–Trinajstić information content (AvgIpc) is 3.16. The number of hydrogen-bond acceptors (Lipinski definition) is 4. The maximum Gasteiger partial charge on any atom is 0.217 e. The Bertz CT molecular complexity index is 871. The van der Waals surface area contributed by atoms with Gasteiger partial charge in [-0.3, -0.25) is 9.79 Å². The van der Waals surface area contributed by atoms with Gasteiger partial charge in [-0.15, -0.1) is 11.3 Å². The Labute approximate surface area is 170 Å². The lowest BCUT2D eigenvalue weighted by atomic mass is 9.97. The van der Waals surface area contributed by atoms with Crippen LogP contribution < -0.4 is 16.4 Å². The number of allylic oxidation sites excluding steroid dienone is 1. The van der Waals surface area contributed by atoms with E-state index in [1.807, 2.05) is 29.6 Å². The molecule has 2 aromatic rings. The van der Waals surface area contributed by atoms with Crippen molar-refractivity contribution in [1.29, 1.82) is 0 Å². The average molecular weight is 398 g/mol. The van der Waals surface area contributed by atoms with Gasteiger partial charge in [0.2, 0.25) is 5.91 Å². The van der Waals surface area contributed by atoms with Crippen molar-refractivity contribution in [3.8, 4) is 11.3 Å². The van der Waals surface area contributed by atoms with E-state index in [-0.39, 0.29) is 5.91 Å². The van der Waals surface area contributed by atoms with Gasteiger partial charge >= 0.3 is 0 Å². The van der Waals surface area contributed by atoms with Crippen molar-refractivity contribution in [3.05, 3.63) is 46.9 Å². The molecule has 28 heavy (non-hydrogen) atoms. The molecule has 0 unspecified atom stereocenters. The second-order valence-electron chi connectivity index (χ2n) is 6.90. The summed E-state index contributed by atoms with van der Waals surface area (Å²) < 4.78 is 0. The maximum absolute atomic E-state index is 11.1. The standard InChI is InChI=1S/C21H27N5OS/c1-15(27)24-13-17-8-5-9-18(12-17)19-14-28-21(25-19)26-20(22)23-11-10-16-6-3-2-4-7-16/h5-6,8-9,12,14H,2-4,7,10-11,13H2,1H3,(H,24,27)(H3,22,23,25,26). The molecule has 0 radical (unpaired) electrons. The Morgan fingerprint density at radius 2 is 2.25 bits per heavy atom. The number of thiazole rings is 1. The monoisotopic (exact) mass is 397 g/mol. The van der Waals surface area contributed by atoms with Crippen LogP contribution in [-0.2, 0) is 11.3 Å². The molecule has 148 valence electrons. The summed E-state index contributed by atoms with van der Waals surface area (Å²) in [7, 11) is 0. The highest BCUT2D eigenvalue weighted by Gasteiger charge is 2.07. The highest BCUT2D eigenvalue weighted by atomic mass is 32.1. The predicted octanol–water partition coefficient (Wildman–Crippen LogP) is 4.06. The normalized spacial score (nSPS) is 14.5. The summed E-state index contributed by atoms with van der Waals surface area (Å²) in [4.78, 5) is 20.1. The number of rotatable bonds is 7. The number of carbonyl (C=O) groups is 1. The number of nitrogens with one attached hydrogen (secondary N) is 2. The van der Waals surface area contributed by atoms with Crippen LogP contribution in [0.25, 0.3) is 11.3 Å². The molecular formula is C21H27N5OS. The van der Waals surface area contributed by atoms with Crippen LogP contribution in [0.5, 0.6) is 0 Å². The Hall–Kier alpha value is -2.67. The fourth-order valence-corrected chi connectivity index (χ4v) is 3.86. The van der Waals surface area contributed by atoms with Gasteiger partial charge < -0.3 is 16.4 Å². The molecule has 0 bridgehead atoms. The number of guanidine groups is 1. The van der Waals surface area contributed by atoms with E-state index in [1.165, 1.54) is 49.5 Å². The van der Waals surface area contributed by atoms with Crippen molar-refractivity contribution in [1.82, 2.24) is 10.3 Å². The molecule has 4 N–H and O–H groups in total. The molecule has 1 aromatic carbocycles. The zero-order chi connectivity index (χ0) is 19.8.